The first-order valence-corrected chi connectivity index (χ1v) is 7.97. The van der Waals surface area contributed by atoms with Crippen LogP contribution in [-0.2, 0) is 0 Å². The molecule has 0 saturated carbocycles. The SMILES string of the molecule is CC1(CN2CCC(N3CCCCC3)C2)CCCN1. The van der Waals surface area contributed by atoms with E-state index in [2.05, 4.69) is 22.0 Å². The first-order valence-electron chi connectivity index (χ1n) is 7.97. The van der Waals surface area contributed by atoms with Crippen LogP contribution in [0.2, 0.25) is 0 Å². The number of nitrogens with one attached hydrogen (secondary N) is 1. The van der Waals surface area contributed by atoms with E-state index in [4.69, 9.17) is 0 Å². The molecule has 0 aliphatic carbocycles. The average molecular weight is 251 g/mol. The summed E-state index contributed by atoms with van der Waals surface area (Å²) in [6, 6.07) is 0.857. The van der Waals surface area contributed by atoms with E-state index in [0.29, 0.717) is 5.54 Å². The summed E-state index contributed by atoms with van der Waals surface area (Å²) in [6.07, 6.45) is 8.42. The van der Waals surface area contributed by atoms with Crippen molar-refractivity contribution < 1.29 is 0 Å². The third-order valence-corrected chi connectivity index (χ3v) is 5.18. The van der Waals surface area contributed by atoms with Crippen molar-refractivity contribution >= 4 is 0 Å². The standard InChI is InChI=1S/C15H29N3/c1-15(7-5-8-16-15)13-17-11-6-14(12-17)18-9-3-2-4-10-18/h14,16H,2-13H2,1H3. The van der Waals surface area contributed by atoms with Gasteiger partial charge in [0.25, 0.3) is 0 Å². The molecule has 2 atom stereocenters. The van der Waals surface area contributed by atoms with Crippen LogP contribution in [0.1, 0.15) is 45.4 Å². The molecule has 1 N–H and O–H groups in total. The largest absolute Gasteiger partial charge is 0.310 e. The number of hydrogen-bond donors (Lipinski definition) is 1. The summed E-state index contributed by atoms with van der Waals surface area (Å²) in [5.74, 6) is 0. The molecule has 3 rings (SSSR count). The Bertz CT molecular complexity index is 267. The van der Waals surface area contributed by atoms with Crippen molar-refractivity contribution in [2.45, 2.75) is 57.0 Å². The average Bonchev–Trinajstić information content (AvgIpc) is 3.00. The van der Waals surface area contributed by atoms with E-state index in [0.717, 1.165) is 6.04 Å². The summed E-state index contributed by atoms with van der Waals surface area (Å²) in [5.41, 5.74) is 0.400. The molecule has 0 aromatic heterocycles. The maximum Gasteiger partial charge on any atom is 0.0280 e. The molecular weight excluding hydrogens is 222 g/mol. The summed E-state index contributed by atoms with van der Waals surface area (Å²) < 4.78 is 0. The molecule has 3 nitrogen and oxygen atoms in total. The lowest BCUT2D eigenvalue weighted by atomic mass is 10.00. The zero-order valence-electron chi connectivity index (χ0n) is 12.0. The monoisotopic (exact) mass is 251 g/mol. The van der Waals surface area contributed by atoms with E-state index in [1.54, 1.807) is 0 Å². The molecule has 0 aromatic carbocycles. The third kappa shape index (κ3) is 2.89. The molecule has 104 valence electrons. The van der Waals surface area contributed by atoms with E-state index in [1.165, 1.54) is 77.8 Å². The Morgan fingerprint density at radius 3 is 2.67 bits per heavy atom. The lowest BCUT2D eigenvalue weighted by Gasteiger charge is -2.33. The van der Waals surface area contributed by atoms with Crippen molar-refractivity contribution in [1.82, 2.24) is 15.1 Å². The van der Waals surface area contributed by atoms with Gasteiger partial charge in [-0.1, -0.05) is 6.42 Å². The Labute approximate surface area is 112 Å². The topological polar surface area (TPSA) is 18.5 Å². The normalized spacial score (nSPS) is 39.5. The van der Waals surface area contributed by atoms with Gasteiger partial charge in [0.05, 0.1) is 0 Å². The van der Waals surface area contributed by atoms with Gasteiger partial charge >= 0.3 is 0 Å². The first kappa shape index (κ1) is 12.9. The molecule has 3 heterocycles. The molecule has 3 saturated heterocycles. The Kier molecular flexibility index (Phi) is 3.92. The lowest BCUT2D eigenvalue weighted by molar-refractivity contribution is 0.155. The number of hydrogen-bond acceptors (Lipinski definition) is 3. The molecule has 3 aliphatic heterocycles. The number of likely N-dealkylation sites (tertiary alicyclic amines) is 2. The summed E-state index contributed by atoms with van der Waals surface area (Å²) in [6.45, 7) is 10.2. The molecule has 0 radical (unpaired) electrons. The van der Waals surface area contributed by atoms with Crippen LogP contribution in [0.15, 0.2) is 0 Å². The van der Waals surface area contributed by atoms with Gasteiger partial charge in [0.2, 0.25) is 0 Å². The van der Waals surface area contributed by atoms with Crippen molar-refractivity contribution in [3.8, 4) is 0 Å². The lowest BCUT2D eigenvalue weighted by Crippen LogP contribution is -2.48. The first-order chi connectivity index (χ1) is 8.75. The second kappa shape index (κ2) is 5.48. The fourth-order valence-electron chi connectivity index (χ4n) is 4.12. The molecule has 0 amide bonds. The third-order valence-electron chi connectivity index (χ3n) is 5.18. The fourth-order valence-corrected chi connectivity index (χ4v) is 4.12. The molecule has 3 heteroatoms. The second-order valence-electron chi connectivity index (χ2n) is 6.87. The molecule has 18 heavy (non-hydrogen) atoms. The van der Waals surface area contributed by atoms with E-state index < -0.39 is 0 Å². The predicted octanol–water partition coefficient (Wildman–Crippen LogP) is 1.69. The van der Waals surface area contributed by atoms with Gasteiger partial charge in [0.1, 0.15) is 0 Å². The summed E-state index contributed by atoms with van der Waals surface area (Å²) in [7, 11) is 0. The molecule has 2 unspecified atom stereocenters. The van der Waals surface area contributed by atoms with Gasteiger partial charge in [0, 0.05) is 24.7 Å². The van der Waals surface area contributed by atoms with Crippen molar-refractivity contribution in [3.05, 3.63) is 0 Å². The van der Waals surface area contributed by atoms with Crippen LogP contribution < -0.4 is 5.32 Å². The van der Waals surface area contributed by atoms with Crippen molar-refractivity contribution in [2.75, 3.05) is 39.3 Å². The predicted molar refractivity (Wildman–Crippen MR) is 75.9 cm³/mol. The van der Waals surface area contributed by atoms with Gasteiger partial charge in [-0.2, -0.15) is 0 Å². The van der Waals surface area contributed by atoms with Crippen molar-refractivity contribution in [2.24, 2.45) is 0 Å². The van der Waals surface area contributed by atoms with Gasteiger partial charge in [-0.05, 0) is 65.2 Å². The zero-order valence-corrected chi connectivity index (χ0v) is 12.0. The van der Waals surface area contributed by atoms with Gasteiger partial charge in [0.15, 0.2) is 0 Å². The number of rotatable bonds is 3. The molecule has 0 spiro atoms. The van der Waals surface area contributed by atoms with E-state index in [1.807, 2.05) is 0 Å². The Balaban J connectivity index is 1.48. The highest BCUT2D eigenvalue weighted by molar-refractivity contribution is 4.94. The van der Waals surface area contributed by atoms with E-state index in [9.17, 15) is 0 Å². The van der Waals surface area contributed by atoms with Crippen LogP contribution in [0.3, 0.4) is 0 Å². The molecule has 0 aromatic rings. The van der Waals surface area contributed by atoms with Gasteiger partial charge in [-0.3, -0.25) is 9.80 Å². The maximum atomic E-state index is 3.70. The zero-order chi connectivity index (χ0) is 12.4. The highest BCUT2D eigenvalue weighted by Gasteiger charge is 2.34. The highest BCUT2D eigenvalue weighted by atomic mass is 15.3. The molecule has 0 bridgehead atoms. The van der Waals surface area contributed by atoms with Crippen molar-refractivity contribution in [1.29, 1.82) is 0 Å². The van der Waals surface area contributed by atoms with Gasteiger partial charge in [-0.15, -0.1) is 0 Å². The number of nitrogens with zero attached hydrogens (tertiary/aromatic N) is 2. The highest BCUT2D eigenvalue weighted by Crippen LogP contribution is 2.25. The summed E-state index contributed by atoms with van der Waals surface area (Å²) in [5, 5.41) is 3.70. The minimum Gasteiger partial charge on any atom is -0.310 e. The quantitative estimate of drug-likeness (QED) is 0.823. The Hall–Kier alpha value is -0.120. The minimum atomic E-state index is 0.400. The van der Waals surface area contributed by atoms with Crippen LogP contribution in [0.25, 0.3) is 0 Å². The fraction of sp³-hybridized carbons (Fsp3) is 1.00. The van der Waals surface area contributed by atoms with Crippen LogP contribution in [0.4, 0.5) is 0 Å². The Morgan fingerprint density at radius 2 is 1.94 bits per heavy atom. The van der Waals surface area contributed by atoms with Gasteiger partial charge < -0.3 is 5.32 Å². The van der Waals surface area contributed by atoms with Crippen LogP contribution in [0.5, 0.6) is 0 Å². The van der Waals surface area contributed by atoms with Crippen LogP contribution >= 0.6 is 0 Å². The maximum absolute atomic E-state index is 3.70. The minimum absolute atomic E-state index is 0.400. The van der Waals surface area contributed by atoms with E-state index >= 15 is 0 Å². The second-order valence-corrected chi connectivity index (χ2v) is 6.87. The number of piperidine rings is 1. The summed E-state index contributed by atoms with van der Waals surface area (Å²) >= 11 is 0. The van der Waals surface area contributed by atoms with Crippen LogP contribution in [0, 0.1) is 0 Å². The van der Waals surface area contributed by atoms with Crippen molar-refractivity contribution in [3.63, 3.8) is 0 Å². The van der Waals surface area contributed by atoms with Crippen LogP contribution in [-0.4, -0.2) is 60.6 Å². The molecule has 3 fully saturated rings. The summed E-state index contributed by atoms with van der Waals surface area (Å²) in [4.78, 5) is 5.46. The molecule has 3 aliphatic rings. The van der Waals surface area contributed by atoms with E-state index in [-0.39, 0.29) is 0 Å². The Morgan fingerprint density at radius 1 is 1.11 bits per heavy atom. The molecular formula is C15H29N3. The van der Waals surface area contributed by atoms with Gasteiger partial charge in [-0.25, -0.2) is 0 Å². The smallest absolute Gasteiger partial charge is 0.0280 e.